The molecule has 0 aliphatic carbocycles. The largest absolute Gasteiger partial charge is 0.756 e. The zero-order valence-electron chi connectivity index (χ0n) is 48.8. The highest BCUT2D eigenvalue weighted by molar-refractivity contribution is 7.45. The molecule has 73 heavy (non-hydrogen) atoms. The lowest BCUT2D eigenvalue weighted by atomic mass is 10.0. The summed E-state index contributed by atoms with van der Waals surface area (Å²) in [5.74, 6) is -0.557. The van der Waals surface area contributed by atoms with Gasteiger partial charge in [-0.3, -0.25) is 14.2 Å². The van der Waals surface area contributed by atoms with E-state index >= 15 is 0 Å². The van der Waals surface area contributed by atoms with Crippen LogP contribution < -0.4 is 10.2 Å². The summed E-state index contributed by atoms with van der Waals surface area (Å²) in [6.45, 7) is 6.82. The lowest BCUT2D eigenvalue weighted by molar-refractivity contribution is -0.870. The minimum Gasteiger partial charge on any atom is -0.756 e. The Labute approximate surface area is 452 Å². The van der Waals surface area contributed by atoms with Crippen molar-refractivity contribution in [1.29, 1.82) is 0 Å². The molecule has 0 aromatic rings. The summed E-state index contributed by atoms with van der Waals surface area (Å²) in [6.07, 6.45) is 65.1. The number of hydrogen-bond acceptors (Lipinski definition) is 7. The summed E-state index contributed by atoms with van der Waals surface area (Å²) in [4.78, 5) is 39.9. The first-order valence-corrected chi connectivity index (χ1v) is 32.4. The molecule has 0 aromatic heterocycles. The monoisotopic (exact) mass is 1050 g/mol. The second-order valence-corrected chi connectivity index (χ2v) is 23.6. The Kier molecular flexibility index (Phi) is 51.9. The van der Waals surface area contributed by atoms with Crippen LogP contribution in [0.25, 0.3) is 0 Å². The van der Waals surface area contributed by atoms with Crippen molar-refractivity contribution in [2.24, 2.45) is 0 Å². The topological polar surface area (TPSA) is 114 Å². The van der Waals surface area contributed by atoms with Crippen molar-refractivity contribution >= 4 is 19.7 Å². The summed E-state index contributed by atoms with van der Waals surface area (Å²) >= 11 is 0. The molecular formula is C63H119N2O7P. The molecule has 3 unspecified atom stereocenters. The molecule has 0 radical (unpaired) electrons. The van der Waals surface area contributed by atoms with Gasteiger partial charge in [0.05, 0.1) is 33.8 Å². The molecule has 0 heterocycles. The molecule has 0 spiro atoms. The number of likely N-dealkylation sites (N-methyl/N-ethyl adjacent to an activating group) is 1. The Bertz CT molecular complexity index is 1390. The number of unbranched alkanes of at least 4 members (excludes halogenated alkanes) is 34. The van der Waals surface area contributed by atoms with Crippen LogP contribution in [0.4, 0.5) is 0 Å². The van der Waals surface area contributed by atoms with E-state index in [2.05, 4.69) is 62.5 Å². The van der Waals surface area contributed by atoms with Crippen LogP contribution >= 0.6 is 7.82 Å². The van der Waals surface area contributed by atoms with Crippen LogP contribution in [-0.2, 0) is 27.9 Å². The van der Waals surface area contributed by atoms with E-state index in [9.17, 15) is 19.0 Å². The number of carbonyl (C=O) groups is 2. The fourth-order valence-corrected chi connectivity index (χ4v) is 9.66. The van der Waals surface area contributed by atoms with E-state index in [0.717, 1.165) is 77.0 Å². The van der Waals surface area contributed by atoms with Crippen LogP contribution in [-0.4, -0.2) is 69.4 Å². The highest BCUT2D eigenvalue weighted by atomic mass is 31.2. The highest BCUT2D eigenvalue weighted by Gasteiger charge is 2.27. The van der Waals surface area contributed by atoms with Gasteiger partial charge in [0, 0.05) is 12.8 Å². The van der Waals surface area contributed by atoms with Crippen LogP contribution in [0, 0.1) is 0 Å². The third-order valence-corrected chi connectivity index (χ3v) is 14.7. The van der Waals surface area contributed by atoms with E-state index in [4.69, 9.17) is 13.8 Å². The van der Waals surface area contributed by atoms with Crippen molar-refractivity contribution in [3.8, 4) is 0 Å². The summed E-state index contributed by atoms with van der Waals surface area (Å²) < 4.78 is 30.3. The fraction of sp³-hybridized carbons (Fsp3) is 0.841. The number of amides is 1. The Morgan fingerprint density at radius 3 is 1.27 bits per heavy atom. The maximum atomic E-state index is 13.5. The van der Waals surface area contributed by atoms with Gasteiger partial charge in [0.15, 0.2) is 0 Å². The number of nitrogens with one attached hydrogen (secondary N) is 1. The summed E-state index contributed by atoms with van der Waals surface area (Å²) in [5.41, 5.74) is 0. The predicted molar refractivity (Wildman–Crippen MR) is 312 cm³/mol. The Hall–Kier alpha value is -2.03. The number of esters is 1. The normalized spacial score (nSPS) is 14.0. The molecule has 0 bridgehead atoms. The van der Waals surface area contributed by atoms with Gasteiger partial charge in [-0.1, -0.05) is 256 Å². The maximum absolute atomic E-state index is 13.5. The highest BCUT2D eigenvalue weighted by Crippen LogP contribution is 2.38. The molecule has 9 nitrogen and oxygen atoms in total. The van der Waals surface area contributed by atoms with Gasteiger partial charge in [-0.25, -0.2) is 0 Å². The molecule has 0 saturated carbocycles. The van der Waals surface area contributed by atoms with E-state index in [1.807, 2.05) is 33.3 Å². The second kappa shape index (κ2) is 53.4. The van der Waals surface area contributed by atoms with Gasteiger partial charge in [-0.15, -0.1) is 0 Å². The van der Waals surface area contributed by atoms with Gasteiger partial charge in [0.1, 0.15) is 19.3 Å². The minimum absolute atomic E-state index is 0.0260. The fourth-order valence-electron chi connectivity index (χ4n) is 8.94. The van der Waals surface area contributed by atoms with Gasteiger partial charge >= 0.3 is 5.97 Å². The van der Waals surface area contributed by atoms with E-state index in [0.29, 0.717) is 23.9 Å². The number of rotatable bonds is 56. The van der Waals surface area contributed by atoms with Gasteiger partial charge < -0.3 is 28.5 Å². The van der Waals surface area contributed by atoms with E-state index in [-0.39, 0.29) is 24.9 Å². The van der Waals surface area contributed by atoms with E-state index in [1.54, 1.807) is 0 Å². The zero-order chi connectivity index (χ0) is 53.6. The third kappa shape index (κ3) is 54.6. The third-order valence-electron chi connectivity index (χ3n) is 13.8. The number of phosphoric acid groups is 1. The van der Waals surface area contributed by atoms with Gasteiger partial charge in [-0.05, 0) is 70.3 Å². The van der Waals surface area contributed by atoms with Crippen molar-refractivity contribution in [3.05, 3.63) is 48.6 Å². The molecular weight excluding hydrogens is 928 g/mol. The Morgan fingerprint density at radius 1 is 0.479 bits per heavy atom. The summed E-state index contributed by atoms with van der Waals surface area (Å²) in [6, 6.07) is -0.897. The molecule has 3 atom stereocenters. The first-order valence-electron chi connectivity index (χ1n) is 30.9. The lowest BCUT2D eigenvalue weighted by Crippen LogP contribution is -2.47. The first-order chi connectivity index (χ1) is 35.4. The first kappa shape index (κ1) is 71.0. The molecule has 428 valence electrons. The molecule has 10 heteroatoms. The lowest BCUT2D eigenvalue weighted by Gasteiger charge is -2.30. The van der Waals surface area contributed by atoms with Crippen LogP contribution in [0.15, 0.2) is 48.6 Å². The Balaban J connectivity index is 5.24. The smallest absolute Gasteiger partial charge is 0.306 e. The van der Waals surface area contributed by atoms with Crippen molar-refractivity contribution in [2.45, 2.75) is 303 Å². The van der Waals surface area contributed by atoms with Crippen LogP contribution in [0.5, 0.6) is 0 Å². The van der Waals surface area contributed by atoms with Gasteiger partial charge in [0.25, 0.3) is 7.82 Å². The van der Waals surface area contributed by atoms with Crippen molar-refractivity contribution in [2.75, 3.05) is 40.9 Å². The van der Waals surface area contributed by atoms with E-state index in [1.165, 1.54) is 173 Å². The standard InChI is InChI=1S/C63H119N2O7P/c1-7-10-13-16-19-22-25-27-29-31-32-34-36-38-41-44-47-50-53-56-63(67)72-61(54-51-48-45-42-39-24-21-18-15-12-9-3)60(59-71-73(68,69)70-58-57-65(4,5)6)64-62(66)55-52-49-46-43-40-37-35-33-30-28-26-23-20-17-14-11-8-2/h20,23,28,30,35,37,51,54,60-61H,7-19,21-22,24-27,29,31-34,36,38-50,52-53,55-59H2,1-6H3,(H-,64,66,68,69)/b23-20-,30-28-,37-35-,54-51+. The number of hydrogen-bond donors (Lipinski definition) is 1. The van der Waals surface area contributed by atoms with Crippen LogP contribution in [0.2, 0.25) is 0 Å². The van der Waals surface area contributed by atoms with Crippen molar-refractivity contribution < 1.29 is 37.3 Å². The summed E-state index contributed by atoms with van der Waals surface area (Å²) in [7, 11) is 1.18. The Morgan fingerprint density at radius 2 is 0.836 bits per heavy atom. The maximum Gasteiger partial charge on any atom is 0.306 e. The number of ether oxygens (including phenoxy) is 1. The second-order valence-electron chi connectivity index (χ2n) is 22.2. The number of phosphoric ester groups is 1. The molecule has 0 aromatic carbocycles. The predicted octanol–water partition coefficient (Wildman–Crippen LogP) is 18.3. The van der Waals surface area contributed by atoms with Gasteiger partial charge in [0.2, 0.25) is 5.91 Å². The zero-order valence-corrected chi connectivity index (χ0v) is 49.7. The number of carbonyl (C=O) groups excluding carboxylic acids is 2. The molecule has 0 aliphatic rings. The SMILES string of the molecule is CCCCC/C=C\C/C=C\C/C=C\CCCCCCC(=O)NC(COP(=O)([O-])OCC[N+](C)(C)C)C(/C=C/CCCCCCCCCCC)OC(=O)CCCCCCCCCCCCCCCCCCCCC. The molecule has 1 N–H and O–H groups in total. The average Bonchev–Trinajstić information content (AvgIpc) is 3.35. The number of quaternary nitrogens is 1. The van der Waals surface area contributed by atoms with Crippen LogP contribution in [0.3, 0.4) is 0 Å². The van der Waals surface area contributed by atoms with Crippen molar-refractivity contribution in [3.63, 3.8) is 0 Å². The number of nitrogens with zero attached hydrogens (tertiary/aromatic N) is 1. The average molecular weight is 1050 g/mol. The molecule has 0 fully saturated rings. The molecule has 1 amide bonds. The quantitative estimate of drug-likeness (QED) is 0.0212. The van der Waals surface area contributed by atoms with Crippen LogP contribution in [0.1, 0.15) is 290 Å². The van der Waals surface area contributed by atoms with E-state index < -0.39 is 26.6 Å². The minimum atomic E-state index is -4.70. The molecule has 0 saturated heterocycles. The molecule has 0 rings (SSSR count). The van der Waals surface area contributed by atoms with Crippen molar-refractivity contribution in [1.82, 2.24) is 5.32 Å². The summed E-state index contributed by atoms with van der Waals surface area (Å²) in [5, 5.41) is 3.02. The molecule has 0 aliphatic heterocycles. The van der Waals surface area contributed by atoms with Gasteiger partial charge in [-0.2, -0.15) is 0 Å². The number of allylic oxidation sites excluding steroid dienone is 7.